The highest BCUT2D eigenvalue weighted by atomic mass is 32.1. The summed E-state index contributed by atoms with van der Waals surface area (Å²) in [5.41, 5.74) is 1.22. The zero-order chi connectivity index (χ0) is 13.1. The van der Waals surface area contributed by atoms with Crippen LogP contribution in [0.4, 0.5) is 0 Å². The fraction of sp³-hybridized carbons (Fsp3) is 0.500. The number of thiazole rings is 1. The number of aromatic nitrogens is 1. The van der Waals surface area contributed by atoms with E-state index in [9.17, 15) is 0 Å². The monoisotopic (exact) mass is 293 g/mol. The molecule has 2 heterocycles. The summed E-state index contributed by atoms with van der Waals surface area (Å²) in [6, 6.07) is 5.14. The van der Waals surface area contributed by atoms with Crippen LogP contribution >= 0.6 is 22.7 Å². The highest BCUT2D eigenvalue weighted by Gasteiger charge is 2.29. The van der Waals surface area contributed by atoms with Crippen LogP contribution in [0.2, 0.25) is 0 Å². The molecule has 0 amide bonds. The number of hydrogen-bond acceptors (Lipinski definition) is 5. The maximum atomic E-state index is 4.70. The highest BCUT2D eigenvalue weighted by molar-refractivity contribution is 7.10. The van der Waals surface area contributed by atoms with Crippen molar-refractivity contribution in [2.24, 2.45) is 0 Å². The fourth-order valence-corrected chi connectivity index (χ4v) is 3.74. The average molecular weight is 293 g/mol. The van der Waals surface area contributed by atoms with Crippen molar-refractivity contribution in [3.63, 3.8) is 0 Å². The van der Waals surface area contributed by atoms with E-state index in [4.69, 9.17) is 4.98 Å². The Bertz CT molecular complexity index is 503. The smallest absolute Gasteiger partial charge is 0.107 e. The van der Waals surface area contributed by atoms with Gasteiger partial charge in [0.2, 0.25) is 0 Å². The van der Waals surface area contributed by atoms with Crippen molar-refractivity contribution in [2.45, 2.75) is 38.5 Å². The molecule has 1 saturated carbocycles. The van der Waals surface area contributed by atoms with Crippen molar-refractivity contribution >= 4 is 22.7 Å². The lowest BCUT2D eigenvalue weighted by Crippen LogP contribution is -2.24. The van der Waals surface area contributed by atoms with Crippen LogP contribution in [0.3, 0.4) is 0 Å². The first-order valence-electron chi connectivity index (χ1n) is 6.69. The fourth-order valence-electron chi connectivity index (χ4n) is 2.22. The van der Waals surface area contributed by atoms with Gasteiger partial charge in [0.25, 0.3) is 0 Å². The number of hydrogen-bond donors (Lipinski definition) is 1. The third-order valence-corrected chi connectivity index (χ3v) is 5.05. The summed E-state index contributed by atoms with van der Waals surface area (Å²) in [6.07, 6.45) is 2.69. The van der Waals surface area contributed by atoms with Gasteiger partial charge in [-0.3, -0.25) is 4.90 Å². The van der Waals surface area contributed by atoms with E-state index in [2.05, 4.69) is 33.1 Å². The molecule has 0 unspecified atom stereocenters. The first-order valence-corrected chi connectivity index (χ1v) is 8.45. The van der Waals surface area contributed by atoms with E-state index in [0.717, 1.165) is 25.7 Å². The van der Waals surface area contributed by atoms with Gasteiger partial charge >= 0.3 is 0 Å². The molecule has 3 rings (SSSR count). The van der Waals surface area contributed by atoms with E-state index < -0.39 is 0 Å². The van der Waals surface area contributed by atoms with Crippen LogP contribution in [0.15, 0.2) is 22.9 Å². The van der Waals surface area contributed by atoms with Gasteiger partial charge in [0, 0.05) is 35.9 Å². The second-order valence-corrected chi connectivity index (χ2v) is 6.95. The van der Waals surface area contributed by atoms with E-state index in [-0.39, 0.29) is 0 Å². The Morgan fingerprint density at radius 3 is 2.95 bits per heavy atom. The maximum Gasteiger partial charge on any atom is 0.107 e. The summed E-state index contributed by atoms with van der Waals surface area (Å²) >= 11 is 3.61. The predicted molar refractivity (Wildman–Crippen MR) is 81.5 cm³/mol. The van der Waals surface area contributed by atoms with E-state index in [1.165, 1.54) is 28.4 Å². The van der Waals surface area contributed by atoms with Gasteiger partial charge in [-0.2, -0.15) is 0 Å². The largest absolute Gasteiger partial charge is 0.314 e. The van der Waals surface area contributed by atoms with Crippen molar-refractivity contribution in [3.05, 3.63) is 38.5 Å². The summed E-state index contributed by atoms with van der Waals surface area (Å²) in [6.45, 7) is 2.93. The SMILES string of the molecule is CNCc1nc(CN(Cc2cccs2)C2CC2)cs1. The van der Waals surface area contributed by atoms with Crippen LogP contribution in [0.5, 0.6) is 0 Å². The molecule has 102 valence electrons. The zero-order valence-electron chi connectivity index (χ0n) is 11.1. The Morgan fingerprint density at radius 2 is 2.26 bits per heavy atom. The van der Waals surface area contributed by atoms with Gasteiger partial charge in [-0.05, 0) is 31.3 Å². The Kier molecular flexibility index (Phi) is 4.28. The molecule has 0 aromatic carbocycles. The molecule has 3 nitrogen and oxygen atoms in total. The van der Waals surface area contributed by atoms with Gasteiger partial charge in [-0.25, -0.2) is 4.98 Å². The lowest BCUT2D eigenvalue weighted by molar-refractivity contribution is 0.245. The molecule has 1 N–H and O–H groups in total. The highest BCUT2D eigenvalue weighted by Crippen LogP contribution is 2.30. The van der Waals surface area contributed by atoms with Crippen LogP contribution in [0.25, 0.3) is 0 Å². The van der Waals surface area contributed by atoms with Crippen LogP contribution in [-0.2, 0) is 19.6 Å². The third-order valence-electron chi connectivity index (χ3n) is 3.29. The van der Waals surface area contributed by atoms with Gasteiger partial charge < -0.3 is 5.32 Å². The summed E-state index contributed by atoms with van der Waals surface area (Å²) in [5.74, 6) is 0. The Morgan fingerprint density at radius 1 is 1.37 bits per heavy atom. The lowest BCUT2D eigenvalue weighted by atomic mass is 10.3. The Labute approximate surface area is 122 Å². The molecule has 2 aromatic heterocycles. The molecule has 0 spiro atoms. The van der Waals surface area contributed by atoms with Crippen LogP contribution in [0, 0.1) is 0 Å². The Balaban J connectivity index is 1.63. The molecule has 1 aliphatic rings. The average Bonchev–Trinajstić information content (AvgIpc) is 2.95. The van der Waals surface area contributed by atoms with Gasteiger partial charge in [-0.1, -0.05) is 6.07 Å². The molecule has 5 heteroatoms. The second kappa shape index (κ2) is 6.13. The molecule has 1 aliphatic carbocycles. The molecule has 0 saturated heterocycles. The molecular weight excluding hydrogens is 274 g/mol. The van der Waals surface area contributed by atoms with Crippen molar-refractivity contribution < 1.29 is 0 Å². The van der Waals surface area contributed by atoms with Crippen LogP contribution < -0.4 is 5.32 Å². The van der Waals surface area contributed by atoms with Crippen molar-refractivity contribution in [2.75, 3.05) is 7.05 Å². The summed E-state index contributed by atoms with van der Waals surface area (Å²) in [5, 5.41) is 8.71. The molecule has 0 atom stereocenters. The Hall–Kier alpha value is -0.750. The number of rotatable bonds is 7. The molecular formula is C14H19N3S2. The van der Waals surface area contributed by atoms with E-state index in [1.807, 2.05) is 18.4 Å². The summed E-state index contributed by atoms with van der Waals surface area (Å²) in [7, 11) is 1.97. The van der Waals surface area contributed by atoms with E-state index in [1.54, 1.807) is 11.3 Å². The molecule has 0 radical (unpaired) electrons. The van der Waals surface area contributed by atoms with E-state index >= 15 is 0 Å². The molecule has 0 aliphatic heterocycles. The van der Waals surface area contributed by atoms with Gasteiger partial charge in [0.05, 0.1) is 5.69 Å². The van der Waals surface area contributed by atoms with Gasteiger partial charge in [0.15, 0.2) is 0 Å². The molecule has 2 aromatic rings. The second-order valence-electron chi connectivity index (χ2n) is 4.98. The van der Waals surface area contributed by atoms with Crippen LogP contribution in [-0.4, -0.2) is 23.0 Å². The number of thiophene rings is 1. The summed E-state index contributed by atoms with van der Waals surface area (Å²) < 4.78 is 0. The quantitative estimate of drug-likeness (QED) is 0.850. The number of nitrogens with one attached hydrogen (secondary N) is 1. The molecule has 19 heavy (non-hydrogen) atoms. The van der Waals surface area contributed by atoms with E-state index in [0.29, 0.717) is 0 Å². The van der Waals surface area contributed by atoms with Crippen molar-refractivity contribution in [1.29, 1.82) is 0 Å². The van der Waals surface area contributed by atoms with Gasteiger partial charge in [-0.15, -0.1) is 22.7 Å². The predicted octanol–water partition coefficient (Wildman–Crippen LogP) is 3.09. The normalized spacial score (nSPS) is 15.3. The minimum atomic E-state index is 0.775. The molecule has 1 fully saturated rings. The first-order chi connectivity index (χ1) is 9.35. The minimum absolute atomic E-state index is 0.775. The minimum Gasteiger partial charge on any atom is -0.314 e. The topological polar surface area (TPSA) is 28.2 Å². The third kappa shape index (κ3) is 3.63. The van der Waals surface area contributed by atoms with Crippen LogP contribution in [0.1, 0.15) is 28.4 Å². The van der Waals surface area contributed by atoms with Gasteiger partial charge in [0.1, 0.15) is 5.01 Å². The zero-order valence-corrected chi connectivity index (χ0v) is 12.8. The summed E-state index contributed by atoms with van der Waals surface area (Å²) in [4.78, 5) is 8.73. The standard InChI is InChI=1S/C14H19N3S2/c1-15-7-14-16-11(10-19-14)8-17(12-4-5-12)9-13-3-2-6-18-13/h2-3,6,10,12,15H,4-5,7-9H2,1H3. The lowest BCUT2D eigenvalue weighted by Gasteiger charge is -2.19. The van der Waals surface area contributed by atoms with Crippen molar-refractivity contribution in [1.82, 2.24) is 15.2 Å². The molecule has 0 bridgehead atoms. The van der Waals surface area contributed by atoms with Crippen molar-refractivity contribution in [3.8, 4) is 0 Å². The maximum absolute atomic E-state index is 4.70. The first kappa shape index (κ1) is 13.2. The number of nitrogens with zero attached hydrogens (tertiary/aromatic N) is 2.